The molecule has 2 saturated heterocycles. The number of hydrogen-bond donors (Lipinski definition) is 2. The number of rotatable bonds is 6. The molecule has 7 nitrogen and oxygen atoms in total. The summed E-state index contributed by atoms with van der Waals surface area (Å²) in [5.41, 5.74) is 0.722. The Morgan fingerprint density at radius 2 is 2.03 bits per heavy atom. The molecule has 202 valence electrons. The summed E-state index contributed by atoms with van der Waals surface area (Å²) >= 11 is 6.16. The molecule has 1 aliphatic carbocycles. The zero-order valence-electron chi connectivity index (χ0n) is 22.1. The second kappa shape index (κ2) is 12.8. The highest BCUT2D eigenvalue weighted by Gasteiger charge is 2.32. The van der Waals surface area contributed by atoms with Crippen LogP contribution in [0.15, 0.2) is 46.5 Å². The highest BCUT2D eigenvalue weighted by molar-refractivity contribution is 7.98. The summed E-state index contributed by atoms with van der Waals surface area (Å²) < 4.78 is 16.9. The second-order valence-electron chi connectivity index (χ2n) is 9.27. The number of amides is 2. The fraction of sp³-hybridized carbons (Fsp3) is 0.464. The van der Waals surface area contributed by atoms with E-state index in [1.807, 2.05) is 62.1 Å². The topological polar surface area (TPSA) is 81.8 Å². The van der Waals surface area contributed by atoms with E-state index in [-0.39, 0.29) is 37.0 Å². The third kappa shape index (κ3) is 7.06. The van der Waals surface area contributed by atoms with E-state index < -0.39 is 9.71 Å². The van der Waals surface area contributed by atoms with Gasteiger partial charge in [0.2, 0.25) is 11.8 Å². The minimum absolute atomic E-state index is 0.00209. The molecule has 0 radical (unpaired) electrons. The standard InChI is InChI=1S/C26H33ClN4O3S.C2H6/c1-4-22-15-28-25(32)16-31(22)26(33)17-30-13-5-6-24(18(30)2)29-35(3,34)23-12-9-19-7-10-21(27)11-8-20(19)14-23;1-2/h7-9,11-12,14,22,24H,2-6,10,13,15-17H2,1H3,(H,28,32)(H,29,34);1-2H3/t22?,24-,35?;/m0./s1. The number of nitrogens with one attached hydrogen (secondary N) is 2. The third-order valence-corrected chi connectivity index (χ3v) is 8.83. The van der Waals surface area contributed by atoms with Gasteiger partial charge in [-0.3, -0.25) is 9.59 Å². The largest absolute Gasteiger partial charge is 0.365 e. The molecule has 0 aromatic heterocycles. The Bertz CT molecular complexity index is 1290. The maximum atomic E-state index is 13.7. The zero-order valence-corrected chi connectivity index (χ0v) is 23.7. The lowest BCUT2D eigenvalue weighted by Gasteiger charge is -2.40. The molecule has 2 amide bonds. The predicted octanol–water partition coefficient (Wildman–Crippen LogP) is 2.10. The van der Waals surface area contributed by atoms with Gasteiger partial charge in [-0.2, -0.15) is 0 Å². The fourth-order valence-electron chi connectivity index (χ4n) is 4.76. The van der Waals surface area contributed by atoms with E-state index in [0.717, 1.165) is 40.4 Å². The molecule has 2 N–H and O–H groups in total. The quantitative estimate of drug-likeness (QED) is 0.535. The zero-order chi connectivity index (χ0) is 27.2. The number of likely N-dealkylation sites (tertiary alicyclic amines) is 1. The first kappa shape index (κ1) is 29.0. The number of allylic oxidation sites excluding steroid dienone is 2. The number of benzene rings is 1. The molecule has 2 heterocycles. The summed E-state index contributed by atoms with van der Waals surface area (Å²) in [5.74, 6) is 3.79. The number of nitrogens with zero attached hydrogens (tertiary/aromatic N) is 2. The van der Waals surface area contributed by atoms with Gasteiger partial charge in [-0.25, -0.2) is 8.93 Å². The minimum atomic E-state index is -2.82. The van der Waals surface area contributed by atoms with Crippen molar-refractivity contribution < 1.29 is 13.8 Å². The third-order valence-electron chi connectivity index (χ3n) is 6.87. The van der Waals surface area contributed by atoms with Crippen molar-refractivity contribution in [2.24, 2.45) is 0 Å². The van der Waals surface area contributed by atoms with Gasteiger partial charge in [-0.05, 0) is 53.8 Å². The molecule has 2 aliphatic heterocycles. The molecule has 3 aliphatic rings. The summed E-state index contributed by atoms with van der Waals surface area (Å²) in [6, 6.07) is 5.40. The second-order valence-corrected chi connectivity index (χ2v) is 11.8. The number of carbonyl (C=O) groups excluding carboxylic acids is 2. The summed E-state index contributed by atoms with van der Waals surface area (Å²) in [6.07, 6.45) is 8.86. The van der Waals surface area contributed by atoms with Gasteiger partial charge in [0.05, 0.1) is 28.8 Å². The number of piperazine rings is 1. The molecule has 1 aromatic rings. The van der Waals surface area contributed by atoms with E-state index in [9.17, 15) is 13.8 Å². The van der Waals surface area contributed by atoms with Gasteiger partial charge in [0.1, 0.15) is 0 Å². The first-order chi connectivity index (χ1) is 17.7. The summed E-state index contributed by atoms with van der Waals surface area (Å²) in [7, 11) is -2.82. The molecule has 0 saturated carbocycles. The molecular formula is C28H39ClN4O3S. The van der Waals surface area contributed by atoms with Gasteiger partial charge in [0.25, 0.3) is 0 Å². The van der Waals surface area contributed by atoms with Crippen LogP contribution in [0.4, 0.5) is 0 Å². The Morgan fingerprint density at radius 1 is 1.27 bits per heavy atom. The first-order valence-corrected chi connectivity index (χ1v) is 15.1. The van der Waals surface area contributed by atoms with Crippen molar-refractivity contribution in [2.75, 3.05) is 26.2 Å². The maximum Gasteiger partial charge on any atom is 0.242 e. The van der Waals surface area contributed by atoms with E-state index in [0.29, 0.717) is 24.4 Å². The van der Waals surface area contributed by atoms with Crippen molar-refractivity contribution in [1.82, 2.24) is 19.8 Å². The molecule has 0 bridgehead atoms. The summed E-state index contributed by atoms with van der Waals surface area (Å²) in [5, 5.41) is 5.56. The van der Waals surface area contributed by atoms with E-state index in [1.54, 1.807) is 4.90 Å². The highest BCUT2D eigenvalue weighted by atomic mass is 35.5. The first-order valence-electron chi connectivity index (χ1n) is 13.0. The lowest BCUT2D eigenvalue weighted by atomic mass is 10.0. The normalized spacial score (nSPS) is 23.1. The highest BCUT2D eigenvalue weighted by Crippen LogP contribution is 2.22. The number of halogens is 1. The van der Waals surface area contributed by atoms with Gasteiger partial charge in [-0.1, -0.05) is 57.2 Å². The van der Waals surface area contributed by atoms with Crippen molar-refractivity contribution in [1.29, 1.82) is 0 Å². The monoisotopic (exact) mass is 546 g/mol. The lowest BCUT2D eigenvalue weighted by molar-refractivity contribution is -0.142. The molecule has 1 aromatic carbocycles. The van der Waals surface area contributed by atoms with Crippen LogP contribution in [0.3, 0.4) is 0 Å². The average molecular weight is 547 g/mol. The smallest absolute Gasteiger partial charge is 0.242 e. The molecule has 4 rings (SSSR count). The minimum Gasteiger partial charge on any atom is -0.365 e. The number of fused-ring (bicyclic) bond motifs is 1. The molecule has 37 heavy (non-hydrogen) atoms. The van der Waals surface area contributed by atoms with Crippen LogP contribution in [0.5, 0.6) is 0 Å². The average Bonchev–Trinajstić information content (AvgIpc) is 3.08. The number of carbonyl (C=O) groups is 2. The van der Waals surface area contributed by atoms with Crippen LogP contribution in [0.2, 0.25) is 0 Å². The van der Waals surface area contributed by atoms with Gasteiger partial charge in [-0.15, -0.1) is 0 Å². The van der Waals surface area contributed by atoms with Gasteiger partial charge in [0, 0.05) is 41.2 Å². The molecule has 2 fully saturated rings. The maximum absolute atomic E-state index is 13.7. The van der Waals surface area contributed by atoms with Crippen LogP contribution < -0.4 is 20.5 Å². The molecule has 3 atom stereocenters. The Labute approximate surface area is 226 Å². The van der Waals surface area contributed by atoms with Gasteiger partial charge >= 0.3 is 0 Å². The van der Waals surface area contributed by atoms with Crippen LogP contribution >= 0.6 is 11.6 Å². The van der Waals surface area contributed by atoms with Crippen LogP contribution in [-0.4, -0.2) is 70.0 Å². The van der Waals surface area contributed by atoms with Crippen LogP contribution in [-0.2, 0) is 19.3 Å². The number of hydrogen-bond acceptors (Lipinski definition) is 4. The van der Waals surface area contributed by atoms with Crippen LogP contribution in [0.1, 0.15) is 46.5 Å². The molecule has 0 spiro atoms. The summed E-state index contributed by atoms with van der Waals surface area (Å²) in [4.78, 5) is 29.2. The van der Waals surface area contributed by atoms with Crippen molar-refractivity contribution in [3.8, 4) is 0 Å². The van der Waals surface area contributed by atoms with Gasteiger partial charge in [0.15, 0.2) is 0 Å². The van der Waals surface area contributed by atoms with E-state index >= 15 is 0 Å². The van der Waals surface area contributed by atoms with E-state index in [2.05, 4.69) is 22.5 Å². The molecular weight excluding hydrogens is 508 g/mol. The van der Waals surface area contributed by atoms with E-state index in [1.165, 1.54) is 0 Å². The van der Waals surface area contributed by atoms with Crippen LogP contribution in [0.25, 0.3) is 12.2 Å². The lowest BCUT2D eigenvalue weighted by Crippen LogP contribution is -2.58. The number of piperidine rings is 1. The van der Waals surface area contributed by atoms with Crippen molar-refractivity contribution in [2.45, 2.75) is 63.4 Å². The Balaban J connectivity index is 0.00000186. The van der Waals surface area contributed by atoms with E-state index in [4.69, 9.17) is 11.6 Å². The molecule has 2 unspecified atom stereocenters. The Kier molecular flexibility index (Phi) is 10.0. The predicted molar refractivity (Wildman–Crippen MR) is 154 cm³/mol. The van der Waals surface area contributed by atoms with Gasteiger partial charge < -0.3 is 15.1 Å². The van der Waals surface area contributed by atoms with Crippen molar-refractivity contribution in [3.63, 3.8) is 0 Å². The SMILES string of the molecule is C=C1[C@@H](NS(=C)(=O)c2ccc3c(c2)=CC=C(Cl)CC=3)CCCN1CC(=O)N1CC(=O)NCC1CC.CC. The Morgan fingerprint density at radius 3 is 2.76 bits per heavy atom. The Hall–Kier alpha value is -2.55. The fourth-order valence-corrected chi connectivity index (χ4v) is 6.35. The molecule has 9 heteroatoms. The summed E-state index contributed by atoms with van der Waals surface area (Å²) in [6.45, 7) is 11.6. The van der Waals surface area contributed by atoms with Crippen molar-refractivity contribution in [3.05, 3.63) is 52.0 Å². The van der Waals surface area contributed by atoms with Crippen molar-refractivity contribution >= 4 is 51.1 Å². The van der Waals surface area contributed by atoms with Crippen LogP contribution in [0, 0.1) is 0 Å².